The third kappa shape index (κ3) is 4.04. The third-order valence-electron chi connectivity index (χ3n) is 2.56. The number of aromatic nitrogens is 2. The number of hydrogen-bond donors (Lipinski definition) is 1. The predicted molar refractivity (Wildman–Crippen MR) is 86.2 cm³/mol. The first-order valence-corrected chi connectivity index (χ1v) is 7.66. The summed E-state index contributed by atoms with van der Waals surface area (Å²) >= 11 is 5.58. The van der Waals surface area contributed by atoms with Crippen molar-refractivity contribution in [2.45, 2.75) is 13.5 Å². The Kier molecular flexibility index (Phi) is 4.98. The molecule has 1 aromatic carbocycles. The zero-order valence-corrected chi connectivity index (χ0v) is 14.1. The van der Waals surface area contributed by atoms with Crippen molar-refractivity contribution < 1.29 is 4.79 Å². The van der Waals surface area contributed by atoms with Crippen LogP contribution in [0.3, 0.4) is 0 Å². The van der Waals surface area contributed by atoms with Gasteiger partial charge in [0, 0.05) is 20.8 Å². The highest BCUT2D eigenvalue weighted by atomic mass is 127. The minimum absolute atomic E-state index is 0.0748. The lowest BCUT2D eigenvalue weighted by atomic mass is 10.2. The second-order valence-corrected chi connectivity index (χ2v) is 6.26. The molecule has 1 aromatic heterocycles. The molecule has 6 heteroatoms. The summed E-state index contributed by atoms with van der Waals surface area (Å²) in [6, 6.07) is 5.69. The molecule has 0 aliphatic rings. The molecule has 2 rings (SSSR count). The van der Waals surface area contributed by atoms with Gasteiger partial charge in [0.2, 0.25) is 0 Å². The molecule has 0 spiro atoms. The molecule has 0 aliphatic heterocycles. The molecule has 0 unspecified atom stereocenters. The Morgan fingerprint density at radius 2 is 2.32 bits per heavy atom. The maximum Gasteiger partial charge on any atom is 0.252 e. The normalized spacial score (nSPS) is 10.5. The molecule has 2 aromatic rings. The minimum Gasteiger partial charge on any atom is -0.350 e. The van der Waals surface area contributed by atoms with Crippen LogP contribution in [-0.2, 0) is 6.54 Å². The first-order chi connectivity index (χ1) is 9.06. The lowest BCUT2D eigenvalue weighted by molar-refractivity contribution is 0.0951. The molecule has 1 amide bonds. The van der Waals surface area contributed by atoms with E-state index < -0.39 is 0 Å². The van der Waals surface area contributed by atoms with Crippen molar-refractivity contribution in [3.05, 3.63) is 49.8 Å². The number of amides is 1. The van der Waals surface area contributed by atoms with Gasteiger partial charge in [0.1, 0.15) is 0 Å². The number of benzene rings is 1. The Hall–Kier alpha value is -0.890. The van der Waals surface area contributed by atoms with E-state index in [1.807, 2.05) is 36.0 Å². The van der Waals surface area contributed by atoms with E-state index in [0.29, 0.717) is 18.7 Å². The standard InChI is InChI=1S/C13H13BrIN3O/c1-9-7-17-18(8-9)5-4-16-13(19)11-6-10(15)2-3-12(11)14/h2-3,6-8H,4-5H2,1H3,(H,16,19). The molecule has 1 N–H and O–H groups in total. The van der Waals surface area contributed by atoms with Gasteiger partial charge >= 0.3 is 0 Å². The number of nitrogens with one attached hydrogen (secondary N) is 1. The predicted octanol–water partition coefficient (Wildman–Crippen LogP) is 2.99. The van der Waals surface area contributed by atoms with Crippen molar-refractivity contribution in [1.29, 1.82) is 0 Å². The van der Waals surface area contributed by atoms with Gasteiger partial charge in [-0.15, -0.1) is 0 Å². The molecule has 0 bridgehead atoms. The van der Waals surface area contributed by atoms with Gasteiger partial charge in [-0.05, 0) is 69.2 Å². The molecular formula is C13H13BrIN3O. The van der Waals surface area contributed by atoms with Crippen LogP contribution in [-0.4, -0.2) is 22.2 Å². The average Bonchev–Trinajstić information content (AvgIpc) is 2.78. The summed E-state index contributed by atoms with van der Waals surface area (Å²) in [6.45, 7) is 3.21. The highest BCUT2D eigenvalue weighted by molar-refractivity contribution is 14.1. The average molecular weight is 434 g/mol. The SMILES string of the molecule is Cc1cnn(CCNC(=O)c2cc(I)ccc2Br)c1. The Morgan fingerprint density at radius 3 is 3.00 bits per heavy atom. The van der Waals surface area contributed by atoms with Gasteiger partial charge in [-0.1, -0.05) is 0 Å². The van der Waals surface area contributed by atoms with Gasteiger partial charge in [-0.2, -0.15) is 5.10 Å². The molecule has 0 atom stereocenters. The number of carbonyl (C=O) groups is 1. The van der Waals surface area contributed by atoms with E-state index in [9.17, 15) is 4.79 Å². The quantitative estimate of drug-likeness (QED) is 0.753. The Labute approximate surface area is 133 Å². The number of aryl methyl sites for hydroxylation is 1. The van der Waals surface area contributed by atoms with Crippen LogP contribution in [0.25, 0.3) is 0 Å². The van der Waals surface area contributed by atoms with E-state index in [4.69, 9.17) is 0 Å². The molecule has 0 saturated carbocycles. The van der Waals surface area contributed by atoms with Crippen LogP contribution >= 0.6 is 38.5 Å². The summed E-state index contributed by atoms with van der Waals surface area (Å²) < 4.78 is 3.66. The number of rotatable bonds is 4. The number of carbonyl (C=O) groups excluding carboxylic acids is 1. The van der Waals surface area contributed by atoms with Crippen LogP contribution < -0.4 is 5.32 Å². The fourth-order valence-electron chi connectivity index (χ4n) is 1.64. The molecule has 4 nitrogen and oxygen atoms in total. The molecule has 0 radical (unpaired) electrons. The lowest BCUT2D eigenvalue weighted by Crippen LogP contribution is -2.27. The van der Waals surface area contributed by atoms with E-state index in [-0.39, 0.29) is 5.91 Å². The van der Waals surface area contributed by atoms with Crippen LogP contribution in [0.15, 0.2) is 35.1 Å². The van der Waals surface area contributed by atoms with Crippen LogP contribution in [0.1, 0.15) is 15.9 Å². The van der Waals surface area contributed by atoms with Gasteiger partial charge in [0.15, 0.2) is 0 Å². The summed E-state index contributed by atoms with van der Waals surface area (Å²) in [6.07, 6.45) is 3.76. The Bertz CT molecular complexity index is 597. The minimum atomic E-state index is -0.0748. The summed E-state index contributed by atoms with van der Waals surface area (Å²) in [5.41, 5.74) is 1.77. The molecule has 100 valence electrons. The molecule has 0 fully saturated rings. The molecule has 0 saturated heterocycles. The van der Waals surface area contributed by atoms with Crippen molar-refractivity contribution in [2.24, 2.45) is 0 Å². The van der Waals surface area contributed by atoms with Crippen molar-refractivity contribution >= 4 is 44.4 Å². The first-order valence-electron chi connectivity index (χ1n) is 5.78. The van der Waals surface area contributed by atoms with E-state index >= 15 is 0 Å². The fourth-order valence-corrected chi connectivity index (χ4v) is 2.56. The van der Waals surface area contributed by atoms with E-state index in [0.717, 1.165) is 13.6 Å². The number of hydrogen-bond acceptors (Lipinski definition) is 2. The topological polar surface area (TPSA) is 46.9 Å². The largest absolute Gasteiger partial charge is 0.350 e. The smallest absolute Gasteiger partial charge is 0.252 e. The molecular weight excluding hydrogens is 421 g/mol. The highest BCUT2D eigenvalue weighted by Crippen LogP contribution is 2.19. The van der Waals surface area contributed by atoms with E-state index in [1.54, 1.807) is 6.20 Å². The summed E-state index contributed by atoms with van der Waals surface area (Å²) in [5.74, 6) is -0.0748. The number of nitrogens with zero attached hydrogens (tertiary/aromatic N) is 2. The number of halogens is 2. The van der Waals surface area contributed by atoms with Crippen LogP contribution in [0.4, 0.5) is 0 Å². The maximum absolute atomic E-state index is 12.0. The van der Waals surface area contributed by atoms with Crippen LogP contribution in [0.5, 0.6) is 0 Å². The second kappa shape index (κ2) is 6.51. The van der Waals surface area contributed by atoms with Crippen molar-refractivity contribution in [3.8, 4) is 0 Å². The van der Waals surface area contributed by atoms with Gasteiger partial charge < -0.3 is 5.32 Å². The lowest BCUT2D eigenvalue weighted by Gasteiger charge is -2.07. The maximum atomic E-state index is 12.0. The second-order valence-electron chi connectivity index (χ2n) is 4.16. The summed E-state index contributed by atoms with van der Waals surface area (Å²) in [4.78, 5) is 12.0. The van der Waals surface area contributed by atoms with E-state index in [1.165, 1.54) is 0 Å². The Balaban J connectivity index is 1.92. The van der Waals surface area contributed by atoms with Crippen molar-refractivity contribution in [2.75, 3.05) is 6.54 Å². The Morgan fingerprint density at radius 1 is 1.53 bits per heavy atom. The van der Waals surface area contributed by atoms with Gasteiger partial charge in [0.25, 0.3) is 5.91 Å². The van der Waals surface area contributed by atoms with Gasteiger partial charge in [0.05, 0.1) is 18.3 Å². The zero-order chi connectivity index (χ0) is 13.8. The van der Waals surface area contributed by atoms with Gasteiger partial charge in [-0.3, -0.25) is 9.48 Å². The van der Waals surface area contributed by atoms with Crippen molar-refractivity contribution in [1.82, 2.24) is 15.1 Å². The molecule has 1 heterocycles. The summed E-state index contributed by atoms with van der Waals surface area (Å²) in [5, 5.41) is 7.06. The third-order valence-corrected chi connectivity index (χ3v) is 3.92. The van der Waals surface area contributed by atoms with Crippen molar-refractivity contribution in [3.63, 3.8) is 0 Å². The zero-order valence-electron chi connectivity index (χ0n) is 10.4. The first kappa shape index (κ1) is 14.5. The van der Waals surface area contributed by atoms with Gasteiger partial charge in [-0.25, -0.2) is 0 Å². The summed E-state index contributed by atoms with van der Waals surface area (Å²) in [7, 11) is 0. The molecule has 19 heavy (non-hydrogen) atoms. The monoisotopic (exact) mass is 433 g/mol. The van der Waals surface area contributed by atoms with Crippen LogP contribution in [0.2, 0.25) is 0 Å². The van der Waals surface area contributed by atoms with E-state index in [2.05, 4.69) is 48.9 Å². The van der Waals surface area contributed by atoms with Crippen LogP contribution in [0, 0.1) is 10.5 Å². The molecule has 0 aliphatic carbocycles. The fraction of sp³-hybridized carbons (Fsp3) is 0.231. The highest BCUT2D eigenvalue weighted by Gasteiger charge is 2.09.